The van der Waals surface area contributed by atoms with Crippen molar-refractivity contribution >= 4 is 5.97 Å². The zero-order chi connectivity index (χ0) is 15.6. The van der Waals surface area contributed by atoms with Crippen LogP contribution in [0.3, 0.4) is 0 Å². The lowest BCUT2D eigenvalue weighted by molar-refractivity contribution is -0.138. The summed E-state index contributed by atoms with van der Waals surface area (Å²) in [4.78, 5) is 10.9. The number of carboxylic acids is 1. The highest BCUT2D eigenvalue weighted by atomic mass is 16.4. The second-order valence-corrected chi connectivity index (χ2v) is 7.40. The van der Waals surface area contributed by atoms with E-state index in [4.69, 9.17) is 10.8 Å². The second-order valence-electron chi connectivity index (χ2n) is 7.40. The standard InChI is InChI=1S/C18H27NO2/c1-18(2,3)15-10-8-13(9-11-15)12-4-6-14(7-5-12)16(19)17(20)21/h4-7,13,15-16H,8-11,19H2,1-3H3,(H,20,21). The molecule has 0 aliphatic heterocycles. The van der Waals surface area contributed by atoms with E-state index < -0.39 is 12.0 Å². The van der Waals surface area contributed by atoms with Crippen LogP contribution in [0.1, 0.15) is 69.5 Å². The number of rotatable bonds is 3. The van der Waals surface area contributed by atoms with E-state index in [0.29, 0.717) is 16.9 Å². The average molecular weight is 289 g/mol. The molecule has 1 aliphatic carbocycles. The summed E-state index contributed by atoms with van der Waals surface area (Å²) in [5.74, 6) is 0.445. The van der Waals surface area contributed by atoms with Crippen LogP contribution in [0.4, 0.5) is 0 Å². The van der Waals surface area contributed by atoms with Crippen molar-refractivity contribution in [2.45, 2.75) is 58.4 Å². The molecule has 1 fully saturated rings. The predicted molar refractivity (Wildman–Crippen MR) is 85.2 cm³/mol. The normalized spacial score (nSPS) is 24.6. The van der Waals surface area contributed by atoms with E-state index in [9.17, 15) is 4.79 Å². The van der Waals surface area contributed by atoms with Gasteiger partial charge in [-0.15, -0.1) is 0 Å². The van der Waals surface area contributed by atoms with Gasteiger partial charge in [0, 0.05) is 0 Å². The Bertz CT molecular complexity index is 479. The summed E-state index contributed by atoms with van der Waals surface area (Å²) in [5, 5.41) is 8.93. The zero-order valence-corrected chi connectivity index (χ0v) is 13.3. The third-order valence-corrected chi connectivity index (χ3v) is 4.98. The molecule has 3 N–H and O–H groups in total. The van der Waals surface area contributed by atoms with E-state index in [2.05, 4.69) is 32.9 Å². The minimum absolute atomic E-state index is 0.406. The highest BCUT2D eigenvalue weighted by Crippen LogP contribution is 2.43. The lowest BCUT2D eigenvalue weighted by Crippen LogP contribution is -2.25. The molecule has 3 nitrogen and oxygen atoms in total. The quantitative estimate of drug-likeness (QED) is 0.881. The maximum absolute atomic E-state index is 10.9. The average Bonchev–Trinajstić information content (AvgIpc) is 2.46. The molecule has 21 heavy (non-hydrogen) atoms. The van der Waals surface area contributed by atoms with Gasteiger partial charge in [-0.05, 0) is 54.1 Å². The highest BCUT2D eigenvalue weighted by Gasteiger charge is 2.30. The van der Waals surface area contributed by atoms with Crippen LogP contribution in [-0.4, -0.2) is 11.1 Å². The number of nitrogens with two attached hydrogens (primary N) is 1. The van der Waals surface area contributed by atoms with Crippen molar-refractivity contribution in [2.75, 3.05) is 0 Å². The minimum atomic E-state index is -0.978. The molecule has 0 aromatic heterocycles. The van der Waals surface area contributed by atoms with Crippen molar-refractivity contribution < 1.29 is 9.90 Å². The van der Waals surface area contributed by atoms with Crippen molar-refractivity contribution in [2.24, 2.45) is 17.1 Å². The molecule has 0 spiro atoms. The molecule has 1 unspecified atom stereocenters. The molecule has 0 heterocycles. The predicted octanol–water partition coefficient (Wildman–Crippen LogP) is 4.09. The molecule has 1 aliphatic rings. The molecule has 0 amide bonds. The summed E-state index contributed by atoms with van der Waals surface area (Å²) < 4.78 is 0. The van der Waals surface area contributed by atoms with Crippen LogP contribution in [0.2, 0.25) is 0 Å². The van der Waals surface area contributed by atoms with Crippen LogP contribution in [0.15, 0.2) is 24.3 Å². The summed E-state index contributed by atoms with van der Waals surface area (Å²) in [6, 6.07) is 6.92. The van der Waals surface area contributed by atoms with Crippen molar-refractivity contribution in [1.29, 1.82) is 0 Å². The molecule has 1 aromatic carbocycles. The van der Waals surface area contributed by atoms with E-state index in [1.165, 1.54) is 31.2 Å². The van der Waals surface area contributed by atoms with E-state index in [-0.39, 0.29) is 0 Å². The fraction of sp³-hybridized carbons (Fsp3) is 0.611. The van der Waals surface area contributed by atoms with Crippen LogP contribution in [-0.2, 0) is 4.79 Å². The first-order chi connectivity index (χ1) is 9.79. The summed E-state index contributed by atoms with van der Waals surface area (Å²) in [7, 11) is 0. The molecule has 0 bridgehead atoms. The zero-order valence-electron chi connectivity index (χ0n) is 13.3. The lowest BCUT2D eigenvalue weighted by atomic mass is 9.68. The van der Waals surface area contributed by atoms with Crippen LogP contribution < -0.4 is 5.73 Å². The van der Waals surface area contributed by atoms with E-state index >= 15 is 0 Å². The fourth-order valence-corrected chi connectivity index (χ4v) is 3.41. The third kappa shape index (κ3) is 3.85. The summed E-state index contributed by atoms with van der Waals surface area (Å²) in [6.45, 7) is 7.00. The number of hydrogen-bond acceptors (Lipinski definition) is 2. The molecule has 116 valence electrons. The topological polar surface area (TPSA) is 63.3 Å². The fourth-order valence-electron chi connectivity index (χ4n) is 3.41. The molecule has 3 heteroatoms. The van der Waals surface area contributed by atoms with Crippen molar-refractivity contribution in [3.8, 4) is 0 Å². The minimum Gasteiger partial charge on any atom is -0.480 e. The highest BCUT2D eigenvalue weighted by molar-refractivity contribution is 5.75. The van der Waals surface area contributed by atoms with Gasteiger partial charge in [0.1, 0.15) is 6.04 Å². The molecule has 1 atom stereocenters. The molecule has 1 aromatic rings. The number of aliphatic carboxylic acids is 1. The van der Waals surface area contributed by atoms with Crippen LogP contribution in [0.5, 0.6) is 0 Å². The van der Waals surface area contributed by atoms with E-state index in [1.807, 2.05) is 12.1 Å². The van der Waals surface area contributed by atoms with Gasteiger partial charge in [-0.25, -0.2) is 0 Å². The SMILES string of the molecule is CC(C)(C)C1CCC(c2ccc(C(N)C(=O)O)cc2)CC1. The second kappa shape index (κ2) is 6.18. The molecular weight excluding hydrogens is 262 g/mol. The molecule has 2 rings (SSSR count). The third-order valence-electron chi connectivity index (χ3n) is 4.98. The van der Waals surface area contributed by atoms with Gasteiger partial charge in [-0.2, -0.15) is 0 Å². The van der Waals surface area contributed by atoms with Gasteiger partial charge in [0.25, 0.3) is 0 Å². The molecule has 1 saturated carbocycles. The summed E-state index contributed by atoms with van der Waals surface area (Å²) in [5.41, 5.74) is 8.04. The first-order valence-corrected chi connectivity index (χ1v) is 7.87. The Labute approximate surface area is 127 Å². The Balaban J connectivity index is 2.00. The smallest absolute Gasteiger partial charge is 0.325 e. The van der Waals surface area contributed by atoms with Gasteiger partial charge in [0.2, 0.25) is 0 Å². The van der Waals surface area contributed by atoms with Crippen LogP contribution in [0.25, 0.3) is 0 Å². The van der Waals surface area contributed by atoms with E-state index in [0.717, 1.165) is 5.92 Å². The van der Waals surface area contributed by atoms with Crippen LogP contribution >= 0.6 is 0 Å². The number of carbonyl (C=O) groups is 1. The van der Waals surface area contributed by atoms with Gasteiger partial charge in [-0.3, -0.25) is 4.79 Å². The van der Waals surface area contributed by atoms with Gasteiger partial charge in [-0.1, -0.05) is 45.0 Å². The van der Waals surface area contributed by atoms with Gasteiger partial charge in [0.05, 0.1) is 0 Å². The Morgan fingerprint density at radius 3 is 2.10 bits per heavy atom. The Hall–Kier alpha value is -1.35. The monoisotopic (exact) mass is 289 g/mol. The summed E-state index contributed by atoms with van der Waals surface area (Å²) in [6.07, 6.45) is 5.02. The van der Waals surface area contributed by atoms with Gasteiger partial charge in [0.15, 0.2) is 0 Å². The van der Waals surface area contributed by atoms with E-state index in [1.54, 1.807) is 0 Å². The van der Waals surface area contributed by atoms with Crippen molar-refractivity contribution in [1.82, 2.24) is 0 Å². The maximum atomic E-state index is 10.9. The molecule has 0 saturated heterocycles. The summed E-state index contributed by atoms with van der Waals surface area (Å²) >= 11 is 0. The van der Waals surface area contributed by atoms with Crippen molar-refractivity contribution in [3.63, 3.8) is 0 Å². The number of carboxylic acid groups (broad SMARTS) is 1. The van der Waals surface area contributed by atoms with Crippen molar-refractivity contribution in [3.05, 3.63) is 35.4 Å². The molecular formula is C18H27NO2. The van der Waals surface area contributed by atoms with Gasteiger partial charge < -0.3 is 10.8 Å². The Kier molecular flexibility index (Phi) is 4.72. The Morgan fingerprint density at radius 1 is 1.14 bits per heavy atom. The number of hydrogen-bond donors (Lipinski definition) is 2. The van der Waals surface area contributed by atoms with Gasteiger partial charge >= 0.3 is 5.97 Å². The Morgan fingerprint density at radius 2 is 1.67 bits per heavy atom. The van der Waals surface area contributed by atoms with Crippen LogP contribution in [0, 0.1) is 11.3 Å². The maximum Gasteiger partial charge on any atom is 0.325 e. The first kappa shape index (κ1) is 16.0. The molecule has 0 radical (unpaired) electrons. The lowest BCUT2D eigenvalue weighted by Gasteiger charge is -2.37. The number of benzene rings is 1. The largest absolute Gasteiger partial charge is 0.480 e. The first-order valence-electron chi connectivity index (χ1n) is 7.87.